The van der Waals surface area contributed by atoms with Crippen LogP contribution in [-0.2, 0) is 4.79 Å². The summed E-state index contributed by atoms with van der Waals surface area (Å²) in [6.45, 7) is 1.94. The topological polar surface area (TPSA) is 49.3 Å². The summed E-state index contributed by atoms with van der Waals surface area (Å²) in [4.78, 5) is 11.3. The van der Waals surface area contributed by atoms with Gasteiger partial charge in [0.1, 0.15) is 5.78 Å². The molecule has 0 bridgehead atoms. The highest BCUT2D eigenvalue weighted by Gasteiger charge is 2.21. The van der Waals surface area contributed by atoms with E-state index in [9.17, 15) is 4.79 Å². The van der Waals surface area contributed by atoms with E-state index in [0.717, 1.165) is 19.5 Å². The molecule has 64 valence electrons. The number of rotatable bonds is 4. The number of aliphatic hydroxyl groups excluding tert-OH is 1. The van der Waals surface area contributed by atoms with Crippen LogP contribution in [0.3, 0.4) is 0 Å². The number of hydrogen-bond donors (Lipinski definition) is 2. The van der Waals surface area contributed by atoms with Crippen LogP contribution in [0.15, 0.2) is 0 Å². The predicted molar refractivity (Wildman–Crippen MR) is 42.3 cm³/mol. The zero-order valence-corrected chi connectivity index (χ0v) is 6.68. The molecular formula is C8H15NO2. The maximum atomic E-state index is 11.3. The quantitative estimate of drug-likeness (QED) is 0.601. The van der Waals surface area contributed by atoms with Crippen LogP contribution in [-0.4, -0.2) is 30.6 Å². The van der Waals surface area contributed by atoms with Gasteiger partial charge in [0.05, 0.1) is 0 Å². The van der Waals surface area contributed by atoms with Crippen molar-refractivity contribution >= 4 is 5.78 Å². The Morgan fingerprint density at radius 2 is 2.45 bits per heavy atom. The SMILES string of the molecule is O=C(CCCO)C1CCNC1. The highest BCUT2D eigenvalue weighted by Crippen LogP contribution is 2.11. The van der Waals surface area contributed by atoms with Crippen LogP contribution in [0.4, 0.5) is 0 Å². The zero-order chi connectivity index (χ0) is 8.10. The van der Waals surface area contributed by atoms with Gasteiger partial charge in [0, 0.05) is 25.5 Å². The molecule has 0 radical (unpaired) electrons. The third kappa shape index (κ3) is 2.60. The van der Waals surface area contributed by atoms with E-state index < -0.39 is 0 Å². The smallest absolute Gasteiger partial charge is 0.137 e. The Morgan fingerprint density at radius 3 is 3.00 bits per heavy atom. The molecule has 0 aromatic carbocycles. The number of ketones is 1. The number of hydrogen-bond acceptors (Lipinski definition) is 3. The highest BCUT2D eigenvalue weighted by atomic mass is 16.3. The molecule has 3 nitrogen and oxygen atoms in total. The molecule has 1 aliphatic heterocycles. The molecular weight excluding hydrogens is 142 g/mol. The summed E-state index contributed by atoms with van der Waals surface area (Å²) in [6, 6.07) is 0. The van der Waals surface area contributed by atoms with Crippen molar-refractivity contribution in [3.8, 4) is 0 Å². The van der Waals surface area contributed by atoms with Crippen LogP contribution in [0.2, 0.25) is 0 Å². The van der Waals surface area contributed by atoms with E-state index in [0.29, 0.717) is 18.6 Å². The normalized spacial score (nSPS) is 23.9. The Labute approximate surface area is 66.8 Å². The minimum atomic E-state index is 0.131. The minimum absolute atomic E-state index is 0.131. The van der Waals surface area contributed by atoms with Gasteiger partial charge >= 0.3 is 0 Å². The lowest BCUT2D eigenvalue weighted by Crippen LogP contribution is -2.17. The largest absolute Gasteiger partial charge is 0.396 e. The Bertz CT molecular complexity index is 130. The van der Waals surface area contributed by atoms with Gasteiger partial charge in [0.15, 0.2) is 0 Å². The fraction of sp³-hybridized carbons (Fsp3) is 0.875. The molecule has 0 aliphatic carbocycles. The van der Waals surface area contributed by atoms with Crippen molar-refractivity contribution in [2.75, 3.05) is 19.7 Å². The maximum absolute atomic E-state index is 11.3. The van der Waals surface area contributed by atoms with Crippen molar-refractivity contribution in [3.63, 3.8) is 0 Å². The van der Waals surface area contributed by atoms with Crippen molar-refractivity contribution in [1.29, 1.82) is 0 Å². The second kappa shape index (κ2) is 4.46. The van der Waals surface area contributed by atoms with Crippen molar-refractivity contribution < 1.29 is 9.90 Å². The Morgan fingerprint density at radius 1 is 1.64 bits per heavy atom. The van der Waals surface area contributed by atoms with Crippen molar-refractivity contribution in [2.45, 2.75) is 19.3 Å². The molecule has 1 fully saturated rings. The summed E-state index contributed by atoms with van der Waals surface area (Å²) in [5, 5.41) is 11.6. The highest BCUT2D eigenvalue weighted by molar-refractivity contribution is 5.81. The lowest BCUT2D eigenvalue weighted by molar-refractivity contribution is -0.122. The summed E-state index contributed by atoms with van der Waals surface area (Å²) in [5.74, 6) is 0.533. The standard InChI is InChI=1S/C8H15NO2/c10-5-1-2-8(11)7-3-4-9-6-7/h7,9-10H,1-6H2. The third-order valence-electron chi connectivity index (χ3n) is 2.10. The maximum Gasteiger partial charge on any atom is 0.137 e. The van der Waals surface area contributed by atoms with Gasteiger partial charge in [-0.1, -0.05) is 0 Å². The molecule has 1 saturated heterocycles. The van der Waals surface area contributed by atoms with Crippen LogP contribution < -0.4 is 5.32 Å². The van der Waals surface area contributed by atoms with E-state index in [-0.39, 0.29) is 12.5 Å². The summed E-state index contributed by atoms with van der Waals surface area (Å²) in [5.41, 5.74) is 0. The first-order valence-electron chi connectivity index (χ1n) is 4.19. The van der Waals surface area contributed by atoms with E-state index in [1.54, 1.807) is 0 Å². The van der Waals surface area contributed by atoms with Gasteiger partial charge in [-0.15, -0.1) is 0 Å². The summed E-state index contributed by atoms with van der Waals surface area (Å²) in [6.07, 6.45) is 2.14. The number of nitrogens with one attached hydrogen (secondary N) is 1. The van der Waals surface area contributed by atoms with E-state index in [1.807, 2.05) is 0 Å². The molecule has 1 heterocycles. The van der Waals surface area contributed by atoms with Crippen LogP contribution in [0, 0.1) is 5.92 Å². The summed E-state index contributed by atoms with van der Waals surface area (Å²) < 4.78 is 0. The number of Topliss-reactive ketones (excluding diaryl/α,β-unsaturated/α-hetero) is 1. The van der Waals surface area contributed by atoms with Gasteiger partial charge in [0.25, 0.3) is 0 Å². The predicted octanol–water partition coefficient (Wildman–Crippen LogP) is -0.0625. The second-order valence-corrected chi connectivity index (χ2v) is 2.98. The van der Waals surface area contributed by atoms with Gasteiger partial charge in [-0.25, -0.2) is 0 Å². The first kappa shape index (κ1) is 8.68. The first-order valence-corrected chi connectivity index (χ1v) is 4.19. The Kier molecular flexibility index (Phi) is 3.52. The van der Waals surface area contributed by atoms with Gasteiger partial charge in [0.2, 0.25) is 0 Å². The molecule has 0 aromatic heterocycles. The summed E-state index contributed by atoms with van der Waals surface area (Å²) >= 11 is 0. The van der Waals surface area contributed by atoms with Crippen LogP contribution in [0.1, 0.15) is 19.3 Å². The van der Waals surface area contributed by atoms with E-state index in [2.05, 4.69) is 5.32 Å². The van der Waals surface area contributed by atoms with Crippen LogP contribution in [0.5, 0.6) is 0 Å². The fourth-order valence-corrected chi connectivity index (χ4v) is 1.39. The second-order valence-electron chi connectivity index (χ2n) is 2.98. The van der Waals surface area contributed by atoms with Gasteiger partial charge in [-0.2, -0.15) is 0 Å². The van der Waals surface area contributed by atoms with Gasteiger partial charge in [-0.05, 0) is 19.4 Å². The lowest BCUT2D eigenvalue weighted by atomic mass is 10.00. The molecule has 1 aliphatic rings. The van der Waals surface area contributed by atoms with Crippen molar-refractivity contribution in [2.24, 2.45) is 5.92 Å². The number of aliphatic hydroxyl groups is 1. The fourth-order valence-electron chi connectivity index (χ4n) is 1.39. The zero-order valence-electron chi connectivity index (χ0n) is 6.68. The molecule has 0 aromatic rings. The molecule has 11 heavy (non-hydrogen) atoms. The van der Waals surface area contributed by atoms with Crippen molar-refractivity contribution in [1.82, 2.24) is 5.32 Å². The molecule has 1 unspecified atom stereocenters. The molecule has 3 heteroatoms. The van der Waals surface area contributed by atoms with E-state index in [1.165, 1.54) is 0 Å². The Balaban J connectivity index is 2.17. The lowest BCUT2D eigenvalue weighted by Gasteiger charge is -2.04. The summed E-state index contributed by atoms with van der Waals surface area (Å²) in [7, 11) is 0. The molecule has 0 amide bonds. The molecule has 0 spiro atoms. The molecule has 2 N–H and O–H groups in total. The van der Waals surface area contributed by atoms with E-state index in [4.69, 9.17) is 5.11 Å². The van der Waals surface area contributed by atoms with Gasteiger partial charge in [-0.3, -0.25) is 4.79 Å². The third-order valence-corrected chi connectivity index (χ3v) is 2.10. The van der Waals surface area contributed by atoms with Crippen molar-refractivity contribution in [3.05, 3.63) is 0 Å². The molecule has 1 atom stereocenters. The van der Waals surface area contributed by atoms with Gasteiger partial charge < -0.3 is 10.4 Å². The average Bonchev–Trinajstić information content (AvgIpc) is 2.52. The number of carbonyl (C=O) groups is 1. The van der Waals surface area contributed by atoms with Crippen LogP contribution >= 0.6 is 0 Å². The minimum Gasteiger partial charge on any atom is -0.396 e. The van der Waals surface area contributed by atoms with E-state index >= 15 is 0 Å². The molecule has 1 rings (SSSR count). The average molecular weight is 157 g/mol. The molecule has 0 saturated carbocycles. The number of carbonyl (C=O) groups excluding carboxylic acids is 1. The Hall–Kier alpha value is -0.410. The monoisotopic (exact) mass is 157 g/mol. The first-order chi connectivity index (χ1) is 5.34. The van der Waals surface area contributed by atoms with Crippen LogP contribution in [0.25, 0.3) is 0 Å².